The fourth-order valence-corrected chi connectivity index (χ4v) is 2.94. The van der Waals surface area contributed by atoms with Gasteiger partial charge in [-0.3, -0.25) is 14.6 Å². The number of carbonyl (C=O) groups is 3. The zero-order chi connectivity index (χ0) is 19.4. The molecule has 1 aromatic heterocycles. The normalized spacial score (nSPS) is 13.5. The molecule has 1 amide bonds. The molecule has 0 N–H and O–H groups in total. The lowest BCUT2D eigenvalue weighted by Gasteiger charge is -2.19. The molecule has 0 bridgehead atoms. The molecule has 2 heterocycles. The SMILES string of the molecule is COC(=O)C1=C(C(=O)c2cncc(OC)c2)CCN1C(=O)c1ccccc1. The molecule has 0 aliphatic carbocycles. The Morgan fingerprint density at radius 1 is 1.04 bits per heavy atom. The van der Waals surface area contributed by atoms with E-state index in [1.54, 1.807) is 36.4 Å². The van der Waals surface area contributed by atoms with Crippen molar-refractivity contribution >= 4 is 17.7 Å². The Kier molecular flexibility index (Phi) is 5.30. The van der Waals surface area contributed by atoms with Crippen molar-refractivity contribution < 1.29 is 23.9 Å². The first kappa shape index (κ1) is 18.3. The number of amides is 1. The molecule has 7 heteroatoms. The highest BCUT2D eigenvalue weighted by Crippen LogP contribution is 2.29. The van der Waals surface area contributed by atoms with Crippen molar-refractivity contribution in [2.24, 2.45) is 0 Å². The van der Waals surface area contributed by atoms with Crippen molar-refractivity contribution in [2.75, 3.05) is 20.8 Å². The molecule has 0 atom stereocenters. The van der Waals surface area contributed by atoms with Gasteiger partial charge >= 0.3 is 5.97 Å². The number of hydrogen-bond acceptors (Lipinski definition) is 6. The maximum Gasteiger partial charge on any atom is 0.355 e. The van der Waals surface area contributed by atoms with Gasteiger partial charge in [0.05, 0.1) is 20.4 Å². The number of hydrogen-bond donors (Lipinski definition) is 0. The van der Waals surface area contributed by atoms with E-state index in [0.717, 1.165) is 0 Å². The molecule has 1 aromatic carbocycles. The number of esters is 1. The van der Waals surface area contributed by atoms with Gasteiger partial charge < -0.3 is 14.4 Å². The summed E-state index contributed by atoms with van der Waals surface area (Å²) in [6.45, 7) is 0.219. The zero-order valence-corrected chi connectivity index (χ0v) is 15.0. The molecular weight excluding hydrogens is 348 g/mol. The van der Waals surface area contributed by atoms with Crippen LogP contribution in [0.1, 0.15) is 27.1 Å². The highest BCUT2D eigenvalue weighted by Gasteiger charge is 2.36. The predicted molar refractivity (Wildman–Crippen MR) is 96.3 cm³/mol. The van der Waals surface area contributed by atoms with Gasteiger partial charge in [0, 0.05) is 29.4 Å². The molecule has 0 unspecified atom stereocenters. The molecule has 0 saturated heterocycles. The Labute approximate surface area is 156 Å². The van der Waals surface area contributed by atoms with Crippen molar-refractivity contribution in [1.29, 1.82) is 0 Å². The van der Waals surface area contributed by atoms with Crippen molar-refractivity contribution in [3.05, 3.63) is 71.2 Å². The average molecular weight is 366 g/mol. The summed E-state index contributed by atoms with van der Waals surface area (Å²) < 4.78 is 9.92. The summed E-state index contributed by atoms with van der Waals surface area (Å²) in [5.41, 5.74) is 0.899. The fraction of sp³-hybridized carbons (Fsp3) is 0.200. The van der Waals surface area contributed by atoms with Gasteiger partial charge in [-0.15, -0.1) is 0 Å². The summed E-state index contributed by atoms with van der Waals surface area (Å²) in [5, 5.41) is 0. The summed E-state index contributed by atoms with van der Waals surface area (Å²) in [7, 11) is 2.69. The Hall–Kier alpha value is -3.48. The largest absolute Gasteiger partial charge is 0.495 e. The van der Waals surface area contributed by atoms with E-state index in [1.807, 2.05) is 0 Å². The van der Waals surface area contributed by atoms with Crippen LogP contribution < -0.4 is 4.74 Å². The lowest BCUT2D eigenvalue weighted by molar-refractivity contribution is -0.137. The second-order valence-corrected chi connectivity index (χ2v) is 5.83. The van der Waals surface area contributed by atoms with E-state index in [2.05, 4.69) is 4.98 Å². The highest BCUT2D eigenvalue weighted by atomic mass is 16.5. The summed E-state index contributed by atoms with van der Waals surface area (Å²) in [6, 6.07) is 10.1. The molecular formula is C20H18N2O5. The van der Waals surface area contributed by atoms with Crippen LogP contribution in [0, 0.1) is 0 Å². The van der Waals surface area contributed by atoms with E-state index < -0.39 is 5.97 Å². The molecule has 138 valence electrons. The second-order valence-electron chi connectivity index (χ2n) is 5.83. The molecule has 3 rings (SSSR count). The number of pyridine rings is 1. The first-order valence-corrected chi connectivity index (χ1v) is 8.29. The molecule has 1 aliphatic heterocycles. The monoisotopic (exact) mass is 366 g/mol. The van der Waals surface area contributed by atoms with Crippen LogP contribution in [0.3, 0.4) is 0 Å². The third kappa shape index (κ3) is 3.57. The van der Waals surface area contributed by atoms with E-state index in [0.29, 0.717) is 11.3 Å². The smallest absolute Gasteiger partial charge is 0.355 e. The zero-order valence-electron chi connectivity index (χ0n) is 15.0. The summed E-state index contributed by atoms with van der Waals surface area (Å²) in [6.07, 6.45) is 3.12. The number of nitrogens with zero attached hydrogens (tertiary/aromatic N) is 2. The van der Waals surface area contributed by atoms with Gasteiger partial charge in [-0.1, -0.05) is 18.2 Å². The van der Waals surface area contributed by atoms with Crippen LogP contribution in [0.15, 0.2) is 60.1 Å². The third-order valence-corrected chi connectivity index (χ3v) is 4.27. The molecule has 0 saturated carbocycles. The quantitative estimate of drug-likeness (QED) is 0.596. The van der Waals surface area contributed by atoms with Crippen LogP contribution in [0.4, 0.5) is 0 Å². The second kappa shape index (κ2) is 7.82. The lowest BCUT2D eigenvalue weighted by atomic mass is 10.0. The maximum absolute atomic E-state index is 13.0. The minimum Gasteiger partial charge on any atom is -0.495 e. The lowest BCUT2D eigenvalue weighted by Crippen LogP contribution is -2.32. The predicted octanol–water partition coefficient (Wildman–Crippen LogP) is 2.25. The number of Topliss-reactive ketones (excluding diaryl/α,β-unsaturated/α-hetero) is 1. The van der Waals surface area contributed by atoms with E-state index in [9.17, 15) is 14.4 Å². The molecule has 2 aromatic rings. The van der Waals surface area contributed by atoms with Crippen molar-refractivity contribution in [3.63, 3.8) is 0 Å². The highest BCUT2D eigenvalue weighted by molar-refractivity contribution is 6.15. The van der Waals surface area contributed by atoms with E-state index in [1.165, 1.54) is 31.5 Å². The van der Waals surface area contributed by atoms with Gasteiger partial charge in [-0.05, 0) is 24.6 Å². The number of benzene rings is 1. The standard InChI is InChI=1S/C20H18N2O5/c1-26-15-10-14(11-21-12-15)18(23)16-8-9-22(17(16)20(25)27-2)19(24)13-6-4-3-5-7-13/h3-7,10-12H,8-9H2,1-2H3. The summed E-state index contributed by atoms with van der Waals surface area (Å²) >= 11 is 0. The van der Waals surface area contributed by atoms with Gasteiger partial charge in [-0.25, -0.2) is 4.79 Å². The molecule has 0 spiro atoms. The van der Waals surface area contributed by atoms with Crippen molar-refractivity contribution in [1.82, 2.24) is 9.88 Å². The first-order valence-electron chi connectivity index (χ1n) is 8.29. The third-order valence-electron chi connectivity index (χ3n) is 4.27. The molecule has 1 aliphatic rings. The van der Waals surface area contributed by atoms with Crippen LogP contribution in [0.5, 0.6) is 5.75 Å². The molecule has 27 heavy (non-hydrogen) atoms. The molecule has 7 nitrogen and oxygen atoms in total. The van der Waals surface area contributed by atoms with Crippen molar-refractivity contribution in [3.8, 4) is 5.75 Å². The van der Waals surface area contributed by atoms with Gasteiger partial charge in [-0.2, -0.15) is 0 Å². The Balaban J connectivity index is 2.01. The maximum atomic E-state index is 13.0. The van der Waals surface area contributed by atoms with Gasteiger partial charge in [0.15, 0.2) is 5.78 Å². The Morgan fingerprint density at radius 3 is 2.44 bits per heavy atom. The Morgan fingerprint density at radius 2 is 1.78 bits per heavy atom. The van der Waals surface area contributed by atoms with E-state index in [-0.39, 0.29) is 41.5 Å². The Bertz CT molecular complexity index is 921. The summed E-state index contributed by atoms with van der Waals surface area (Å²) in [5.74, 6) is -1.04. The topological polar surface area (TPSA) is 85.8 Å². The van der Waals surface area contributed by atoms with Gasteiger partial charge in [0.25, 0.3) is 5.91 Å². The number of aromatic nitrogens is 1. The molecule has 0 radical (unpaired) electrons. The number of carbonyl (C=O) groups excluding carboxylic acids is 3. The van der Waals surface area contributed by atoms with Crippen LogP contribution in [0.25, 0.3) is 0 Å². The minimum absolute atomic E-state index is 0.0285. The van der Waals surface area contributed by atoms with Crippen LogP contribution in [-0.2, 0) is 9.53 Å². The summed E-state index contributed by atoms with van der Waals surface area (Å²) in [4.78, 5) is 43.4. The van der Waals surface area contributed by atoms with Gasteiger partial charge in [0.1, 0.15) is 11.4 Å². The van der Waals surface area contributed by atoms with Crippen LogP contribution >= 0.6 is 0 Å². The van der Waals surface area contributed by atoms with Gasteiger partial charge in [0.2, 0.25) is 0 Å². The van der Waals surface area contributed by atoms with E-state index in [4.69, 9.17) is 9.47 Å². The number of ether oxygens (including phenoxy) is 2. The average Bonchev–Trinajstić information content (AvgIpc) is 3.17. The number of rotatable bonds is 5. The van der Waals surface area contributed by atoms with Crippen LogP contribution in [-0.4, -0.2) is 48.3 Å². The number of ketones is 1. The van der Waals surface area contributed by atoms with E-state index >= 15 is 0 Å². The first-order chi connectivity index (χ1) is 13.1. The van der Waals surface area contributed by atoms with Crippen LogP contribution in [0.2, 0.25) is 0 Å². The fourth-order valence-electron chi connectivity index (χ4n) is 2.94. The number of methoxy groups -OCH3 is 2. The molecule has 0 fully saturated rings. The minimum atomic E-state index is -0.726. The van der Waals surface area contributed by atoms with Crippen molar-refractivity contribution in [2.45, 2.75) is 6.42 Å².